The molecule has 0 radical (unpaired) electrons. The highest BCUT2D eigenvalue weighted by atomic mass is 14.3. The molecule has 0 unspecified atom stereocenters. The number of allylic oxidation sites excluding steroid dienone is 1. The van der Waals surface area contributed by atoms with Crippen molar-refractivity contribution in [3.63, 3.8) is 0 Å². The van der Waals surface area contributed by atoms with Gasteiger partial charge in [0.2, 0.25) is 0 Å². The van der Waals surface area contributed by atoms with Gasteiger partial charge >= 0.3 is 0 Å². The van der Waals surface area contributed by atoms with E-state index in [1.807, 2.05) is 6.08 Å². The summed E-state index contributed by atoms with van der Waals surface area (Å²) in [6, 6.07) is 0. The summed E-state index contributed by atoms with van der Waals surface area (Å²) in [4.78, 5) is 0. The van der Waals surface area contributed by atoms with Gasteiger partial charge in [0.1, 0.15) is 0 Å². The van der Waals surface area contributed by atoms with Crippen LogP contribution in [0.2, 0.25) is 0 Å². The molecule has 0 spiro atoms. The average Bonchev–Trinajstić information content (AvgIpc) is 1.84. The first-order chi connectivity index (χ1) is 5.19. The van der Waals surface area contributed by atoms with Crippen LogP contribution >= 0.6 is 0 Å². The molecule has 0 heteroatoms. The lowest BCUT2D eigenvalue weighted by Crippen LogP contribution is -2.21. The lowest BCUT2D eigenvalue weighted by Gasteiger charge is -2.45. The first-order valence-electron chi connectivity index (χ1n) is 4.65. The van der Waals surface area contributed by atoms with Crippen molar-refractivity contribution in [1.82, 2.24) is 0 Å². The van der Waals surface area contributed by atoms with E-state index in [-0.39, 0.29) is 5.41 Å². The van der Waals surface area contributed by atoms with Gasteiger partial charge < -0.3 is 5.92 Å². The molecule has 0 rings (SSSR count). The van der Waals surface area contributed by atoms with Crippen molar-refractivity contribution in [1.29, 1.82) is 0 Å². The van der Waals surface area contributed by atoms with Crippen molar-refractivity contribution < 1.29 is 0 Å². The predicted molar refractivity (Wildman–Crippen MR) is 57.0 cm³/mol. The van der Waals surface area contributed by atoms with Crippen LogP contribution in [0.25, 0.3) is 0 Å². The van der Waals surface area contributed by atoms with E-state index in [2.05, 4.69) is 48.1 Å². The molecule has 0 saturated heterocycles. The molecule has 0 aromatic heterocycles. The smallest absolute Gasteiger partial charge is 0.0626 e. The monoisotopic (exact) mass is 167 g/mol. The lowest BCUT2D eigenvalue weighted by molar-refractivity contribution is 0.333. The Morgan fingerprint density at radius 3 is 1.83 bits per heavy atom. The minimum absolute atomic E-state index is 0.188. The van der Waals surface area contributed by atoms with Crippen molar-refractivity contribution >= 4 is 0 Å². The molecule has 0 aliphatic rings. The molecule has 0 aromatic rings. The highest BCUT2D eigenvalue weighted by Crippen LogP contribution is 2.38. The Bertz CT molecular complexity index is 146. The van der Waals surface area contributed by atoms with Gasteiger partial charge in [-0.2, -0.15) is 13.3 Å². The molecule has 0 aromatic carbocycles. The van der Waals surface area contributed by atoms with E-state index < -0.39 is 0 Å². The van der Waals surface area contributed by atoms with E-state index in [0.29, 0.717) is 5.41 Å². The summed E-state index contributed by atoms with van der Waals surface area (Å²) < 4.78 is 0. The third-order valence-electron chi connectivity index (χ3n) is 2.41. The van der Waals surface area contributed by atoms with Gasteiger partial charge in [-0.1, -0.05) is 40.0 Å². The molecule has 0 nitrogen and oxygen atoms in total. The molecule has 0 amide bonds. The fourth-order valence-electron chi connectivity index (χ4n) is 1.20. The van der Waals surface area contributed by atoms with Gasteiger partial charge in [-0.05, 0) is 0 Å². The second-order valence-corrected chi connectivity index (χ2v) is 5.44. The first kappa shape index (κ1) is 11.7. The fraction of sp³-hybridized carbons (Fsp3) is 0.750. The summed E-state index contributed by atoms with van der Waals surface area (Å²) in [5.41, 5.74) is 0.581. The van der Waals surface area contributed by atoms with Crippen LogP contribution in [0.3, 0.4) is 0 Å². The maximum atomic E-state index is 3.86. The fourth-order valence-corrected chi connectivity index (χ4v) is 1.20. The molecule has 0 heterocycles. The maximum Gasteiger partial charge on any atom is -0.0626 e. The zero-order chi connectivity index (χ0) is 9.99. The van der Waals surface area contributed by atoms with Crippen molar-refractivity contribution in [3.8, 4) is 0 Å². The summed E-state index contributed by atoms with van der Waals surface area (Å²) in [7, 11) is 0. The normalized spacial score (nSPS) is 13.6. The third kappa shape index (κ3) is 3.94. The van der Waals surface area contributed by atoms with E-state index in [9.17, 15) is 0 Å². The second-order valence-electron chi connectivity index (χ2n) is 5.44. The van der Waals surface area contributed by atoms with Crippen LogP contribution in [0.15, 0.2) is 12.7 Å². The van der Waals surface area contributed by atoms with E-state index in [1.165, 1.54) is 12.3 Å². The molecule has 0 fully saturated rings. The Balaban J connectivity index is 4.22. The molecule has 0 atom stereocenters. The van der Waals surface area contributed by atoms with Crippen LogP contribution in [-0.4, -0.2) is 0 Å². The van der Waals surface area contributed by atoms with E-state index in [0.717, 1.165) is 0 Å². The van der Waals surface area contributed by atoms with Crippen LogP contribution in [-0.2, 0) is 0 Å². The van der Waals surface area contributed by atoms with Crippen molar-refractivity contribution in [2.45, 2.75) is 48.0 Å². The predicted octanol–water partition coefficient (Wildman–Crippen LogP) is 4.23. The Morgan fingerprint density at radius 2 is 1.58 bits per heavy atom. The van der Waals surface area contributed by atoms with Crippen LogP contribution in [0.1, 0.15) is 48.0 Å². The van der Waals surface area contributed by atoms with Gasteiger partial charge in [0.15, 0.2) is 0 Å². The molecule has 12 heavy (non-hydrogen) atoms. The Morgan fingerprint density at radius 1 is 1.17 bits per heavy atom. The number of hydrogen-bond donors (Lipinski definition) is 0. The largest absolute Gasteiger partial charge is 0.307 e. The zero-order valence-electron chi connectivity index (χ0n) is 9.49. The molecule has 0 aliphatic carbocycles. The first-order valence-corrected chi connectivity index (χ1v) is 4.65. The molecular formula is C12H23-. The van der Waals surface area contributed by atoms with Crippen LogP contribution in [0, 0.1) is 16.7 Å². The summed E-state index contributed by atoms with van der Waals surface area (Å²) in [6.45, 7) is 17.4. The van der Waals surface area contributed by atoms with Crippen molar-refractivity contribution in [3.05, 3.63) is 18.6 Å². The Hall–Kier alpha value is -0.260. The molecule has 0 aliphatic heterocycles. The standard InChI is InChI=1S/C12H23/c1-8-12(6,7)10(2)9-11(3,4)5/h8H,1,9H2,2-7H3/q-1. The molecule has 0 bridgehead atoms. The number of hydrogen-bond acceptors (Lipinski definition) is 0. The van der Waals surface area contributed by atoms with Gasteiger partial charge in [0, 0.05) is 0 Å². The zero-order valence-corrected chi connectivity index (χ0v) is 9.49. The summed E-state index contributed by atoms with van der Waals surface area (Å²) in [5.74, 6) is 1.52. The molecule has 72 valence electrons. The summed E-state index contributed by atoms with van der Waals surface area (Å²) in [5, 5.41) is 0. The van der Waals surface area contributed by atoms with Crippen LogP contribution in [0.4, 0.5) is 0 Å². The Kier molecular flexibility index (Phi) is 3.56. The average molecular weight is 167 g/mol. The summed E-state index contributed by atoms with van der Waals surface area (Å²) in [6.07, 6.45) is 3.21. The van der Waals surface area contributed by atoms with Crippen molar-refractivity contribution in [2.75, 3.05) is 0 Å². The van der Waals surface area contributed by atoms with Gasteiger partial charge in [-0.15, -0.1) is 18.1 Å². The SMILES string of the molecule is C=CC(C)(C)[C-](C)CC(C)(C)C. The van der Waals surface area contributed by atoms with Crippen molar-refractivity contribution in [2.24, 2.45) is 10.8 Å². The maximum absolute atomic E-state index is 3.86. The topological polar surface area (TPSA) is 0 Å². The molecular weight excluding hydrogens is 144 g/mol. The lowest BCUT2D eigenvalue weighted by atomic mass is 9.72. The van der Waals surface area contributed by atoms with E-state index in [1.54, 1.807) is 0 Å². The van der Waals surface area contributed by atoms with Gasteiger partial charge in [-0.25, -0.2) is 0 Å². The van der Waals surface area contributed by atoms with Gasteiger partial charge in [-0.3, -0.25) is 0 Å². The highest BCUT2D eigenvalue weighted by Gasteiger charge is 2.15. The van der Waals surface area contributed by atoms with Crippen LogP contribution in [0.5, 0.6) is 0 Å². The van der Waals surface area contributed by atoms with Gasteiger partial charge in [0.25, 0.3) is 0 Å². The molecule has 0 N–H and O–H groups in total. The highest BCUT2D eigenvalue weighted by molar-refractivity contribution is 5.09. The minimum Gasteiger partial charge on any atom is -0.307 e. The summed E-state index contributed by atoms with van der Waals surface area (Å²) >= 11 is 0. The third-order valence-corrected chi connectivity index (χ3v) is 2.41. The molecule has 0 saturated carbocycles. The quantitative estimate of drug-likeness (QED) is 0.436. The van der Waals surface area contributed by atoms with Gasteiger partial charge in [0.05, 0.1) is 0 Å². The minimum atomic E-state index is 0.188. The van der Waals surface area contributed by atoms with Crippen LogP contribution < -0.4 is 0 Å². The van der Waals surface area contributed by atoms with E-state index in [4.69, 9.17) is 0 Å². The Labute approximate surface area is 78.1 Å². The second kappa shape index (κ2) is 3.64. The van der Waals surface area contributed by atoms with E-state index >= 15 is 0 Å². The number of rotatable bonds is 3.